The lowest BCUT2D eigenvalue weighted by molar-refractivity contribution is 0.0356. The monoisotopic (exact) mass is 544 g/mol. The first kappa shape index (κ1) is 28.6. The topological polar surface area (TPSA) is 104 Å². The van der Waals surface area contributed by atoms with E-state index in [0.717, 1.165) is 11.1 Å². The number of hydrogen-bond acceptors (Lipinski definition) is 6. The van der Waals surface area contributed by atoms with Gasteiger partial charge in [-0.3, -0.25) is 4.79 Å². The molecule has 0 aliphatic carbocycles. The number of benzene rings is 2. The van der Waals surface area contributed by atoms with Crippen LogP contribution in [0.25, 0.3) is 12.2 Å². The first-order valence-corrected chi connectivity index (χ1v) is 13.3. The van der Waals surface area contributed by atoms with Crippen molar-refractivity contribution in [3.05, 3.63) is 83.6 Å². The van der Waals surface area contributed by atoms with E-state index in [4.69, 9.17) is 9.47 Å². The molecule has 3 atom stereocenters. The number of methoxy groups -OCH3 is 1. The average Bonchev–Trinajstić information content (AvgIpc) is 2.98. The third kappa shape index (κ3) is 6.98. The van der Waals surface area contributed by atoms with Gasteiger partial charge in [-0.2, -0.15) is 0 Å². The number of anilines is 1. The molecule has 1 aromatic heterocycles. The summed E-state index contributed by atoms with van der Waals surface area (Å²) in [7, 11) is 3.26. The molecule has 1 aliphatic rings. The maximum Gasteiger partial charge on any atom is 0.321 e. The van der Waals surface area contributed by atoms with Crippen LogP contribution in [0, 0.1) is 5.92 Å². The first-order chi connectivity index (χ1) is 19.3. The van der Waals surface area contributed by atoms with Crippen LogP contribution in [0.3, 0.4) is 0 Å². The molecular weight excluding hydrogens is 508 g/mol. The predicted octanol–water partition coefficient (Wildman–Crippen LogP) is 4.64. The second-order valence-electron chi connectivity index (χ2n) is 10.0. The number of aliphatic hydroxyl groups excluding tert-OH is 1. The van der Waals surface area contributed by atoms with E-state index in [2.05, 4.69) is 10.3 Å². The Bertz CT molecular complexity index is 1350. The standard InChI is InChI=1S/C31H36N4O5/c1-21-18-35(22(2)20-36)30(37)27-15-24(14-13-23-9-6-5-7-10-23)17-32-29(27)40-28(21)19-34(3)31(38)33-25-11-8-12-26(16-25)39-4/h5-17,21-22,28,36H,18-20H2,1-4H3,(H,33,38)/t21-,22-,28+/m0/s1. The van der Waals surface area contributed by atoms with Gasteiger partial charge in [0.2, 0.25) is 5.88 Å². The minimum absolute atomic E-state index is 0.155. The molecule has 1 aliphatic heterocycles. The molecule has 2 N–H and O–H groups in total. The summed E-state index contributed by atoms with van der Waals surface area (Å²) in [5, 5.41) is 12.8. The van der Waals surface area contributed by atoms with E-state index in [-0.39, 0.29) is 36.9 Å². The van der Waals surface area contributed by atoms with Gasteiger partial charge in [0.15, 0.2) is 0 Å². The Balaban J connectivity index is 1.58. The summed E-state index contributed by atoms with van der Waals surface area (Å²) in [4.78, 5) is 34.3. The molecule has 3 aromatic rings. The highest BCUT2D eigenvalue weighted by molar-refractivity contribution is 5.97. The number of rotatable bonds is 8. The lowest BCUT2D eigenvalue weighted by Gasteiger charge is -2.37. The quantitative estimate of drug-likeness (QED) is 0.428. The lowest BCUT2D eigenvalue weighted by atomic mass is 10.00. The summed E-state index contributed by atoms with van der Waals surface area (Å²) < 4.78 is 11.6. The highest BCUT2D eigenvalue weighted by Crippen LogP contribution is 2.28. The van der Waals surface area contributed by atoms with Crippen molar-refractivity contribution in [2.75, 3.05) is 39.2 Å². The summed E-state index contributed by atoms with van der Waals surface area (Å²) in [5.41, 5.74) is 2.70. The van der Waals surface area contributed by atoms with Crippen molar-refractivity contribution in [1.82, 2.24) is 14.8 Å². The molecule has 0 unspecified atom stereocenters. The van der Waals surface area contributed by atoms with Crippen LogP contribution in [-0.4, -0.2) is 77.8 Å². The van der Waals surface area contributed by atoms with E-state index in [1.807, 2.05) is 56.3 Å². The summed E-state index contributed by atoms with van der Waals surface area (Å²) in [5.74, 6) is 0.432. The number of aromatic nitrogens is 1. The van der Waals surface area contributed by atoms with Crippen molar-refractivity contribution < 1.29 is 24.2 Å². The second-order valence-corrected chi connectivity index (χ2v) is 10.0. The predicted molar refractivity (Wildman–Crippen MR) is 155 cm³/mol. The van der Waals surface area contributed by atoms with Crippen LogP contribution in [0.5, 0.6) is 11.6 Å². The summed E-state index contributed by atoms with van der Waals surface area (Å²) in [6.45, 7) is 4.19. The van der Waals surface area contributed by atoms with E-state index in [1.165, 1.54) is 0 Å². The van der Waals surface area contributed by atoms with Crippen LogP contribution in [0.2, 0.25) is 0 Å². The van der Waals surface area contributed by atoms with Gasteiger partial charge in [-0.1, -0.05) is 55.5 Å². The van der Waals surface area contributed by atoms with E-state index in [9.17, 15) is 14.7 Å². The fourth-order valence-electron chi connectivity index (χ4n) is 4.46. The number of amides is 3. The molecule has 0 fully saturated rings. The van der Waals surface area contributed by atoms with Gasteiger partial charge < -0.3 is 29.7 Å². The maximum absolute atomic E-state index is 13.6. The summed E-state index contributed by atoms with van der Waals surface area (Å²) in [6.07, 6.45) is 5.05. The number of aliphatic hydroxyl groups is 1. The average molecular weight is 545 g/mol. The first-order valence-electron chi connectivity index (χ1n) is 13.3. The smallest absolute Gasteiger partial charge is 0.321 e. The Labute approximate surface area is 235 Å². The number of pyridine rings is 1. The van der Waals surface area contributed by atoms with E-state index >= 15 is 0 Å². The molecule has 9 nitrogen and oxygen atoms in total. The van der Waals surface area contributed by atoms with Crippen molar-refractivity contribution in [3.8, 4) is 11.6 Å². The van der Waals surface area contributed by atoms with Gasteiger partial charge >= 0.3 is 6.03 Å². The SMILES string of the molecule is COc1cccc(NC(=O)N(C)C[C@H]2Oc3ncc(C=Cc4ccccc4)cc3C(=O)N([C@@H](C)CO)C[C@@H]2C)c1. The number of hydrogen-bond donors (Lipinski definition) is 2. The fourth-order valence-corrected chi connectivity index (χ4v) is 4.46. The largest absolute Gasteiger partial charge is 0.497 e. The number of ether oxygens (including phenoxy) is 2. The number of likely N-dealkylation sites (N-methyl/N-ethyl adjacent to an activating group) is 1. The van der Waals surface area contributed by atoms with Crippen molar-refractivity contribution in [3.63, 3.8) is 0 Å². The molecule has 0 bridgehead atoms. The van der Waals surface area contributed by atoms with Crippen molar-refractivity contribution in [1.29, 1.82) is 0 Å². The zero-order valence-corrected chi connectivity index (χ0v) is 23.3. The Hall–Kier alpha value is -4.37. The molecule has 0 spiro atoms. The molecule has 9 heteroatoms. The minimum atomic E-state index is -0.459. The normalized spacial score (nSPS) is 17.8. The number of nitrogens with zero attached hydrogens (tertiary/aromatic N) is 3. The van der Waals surface area contributed by atoms with Gasteiger partial charge in [-0.25, -0.2) is 9.78 Å². The molecule has 0 radical (unpaired) electrons. The minimum Gasteiger partial charge on any atom is -0.497 e. The van der Waals surface area contributed by atoms with E-state index in [0.29, 0.717) is 23.5 Å². The highest BCUT2D eigenvalue weighted by atomic mass is 16.5. The number of nitrogens with one attached hydrogen (secondary N) is 1. The molecule has 3 amide bonds. The van der Waals surface area contributed by atoms with Gasteiger partial charge in [-0.05, 0) is 36.2 Å². The molecule has 0 saturated heterocycles. The zero-order chi connectivity index (χ0) is 28.6. The van der Waals surface area contributed by atoms with Crippen LogP contribution in [0.4, 0.5) is 10.5 Å². The number of fused-ring (bicyclic) bond motifs is 1. The van der Waals surface area contributed by atoms with Crippen LogP contribution < -0.4 is 14.8 Å². The number of urea groups is 1. The van der Waals surface area contributed by atoms with Gasteiger partial charge in [0.1, 0.15) is 17.4 Å². The van der Waals surface area contributed by atoms with Gasteiger partial charge in [0.25, 0.3) is 5.91 Å². The zero-order valence-electron chi connectivity index (χ0n) is 23.3. The Morgan fingerprint density at radius 1 is 1.20 bits per heavy atom. The number of carbonyl (C=O) groups is 2. The van der Waals surface area contributed by atoms with Crippen molar-refractivity contribution in [2.24, 2.45) is 5.92 Å². The van der Waals surface area contributed by atoms with Gasteiger partial charge in [-0.15, -0.1) is 0 Å². The van der Waals surface area contributed by atoms with Crippen molar-refractivity contribution >= 4 is 29.8 Å². The molecule has 2 aromatic carbocycles. The number of carbonyl (C=O) groups excluding carboxylic acids is 2. The Morgan fingerprint density at radius 3 is 2.67 bits per heavy atom. The van der Waals surface area contributed by atoms with Crippen molar-refractivity contribution in [2.45, 2.75) is 26.0 Å². The van der Waals surface area contributed by atoms with E-state index in [1.54, 1.807) is 60.5 Å². The summed E-state index contributed by atoms with van der Waals surface area (Å²) >= 11 is 0. The third-order valence-corrected chi connectivity index (χ3v) is 6.93. The fraction of sp³-hybridized carbons (Fsp3) is 0.323. The maximum atomic E-state index is 13.6. The second kappa shape index (κ2) is 13.1. The third-order valence-electron chi connectivity index (χ3n) is 6.93. The molecule has 2 heterocycles. The van der Waals surface area contributed by atoms with Gasteiger partial charge in [0.05, 0.1) is 26.3 Å². The summed E-state index contributed by atoms with van der Waals surface area (Å²) in [6, 6.07) is 18.0. The Kier molecular flexibility index (Phi) is 9.39. The molecule has 210 valence electrons. The van der Waals surface area contributed by atoms with Crippen LogP contribution >= 0.6 is 0 Å². The molecular formula is C31H36N4O5. The Morgan fingerprint density at radius 2 is 1.95 bits per heavy atom. The molecule has 40 heavy (non-hydrogen) atoms. The van der Waals surface area contributed by atoms with Crippen LogP contribution in [0.15, 0.2) is 66.9 Å². The van der Waals surface area contributed by atoms with Gasteiger partial charge in [0, 0.05) is 37.5 Å². The van der Waals surface area contributed by atoms with Crippen LogP contribution in [0.1, 0.15) is 35.3 Å². The van der Waals surface area contributed by atoms with Crippen LogP contribution in [-0.2, 0) is 0 Å². The molecule has 0 saturated carbocycles. The molecule has 4 rings (SSSR count). The highest BCUT2D eigenvalue weighted by Gasteiger charge is 2.34. The lowest BCUT2D eigenvalue weighted by Crippen LogP contribution is -2.50. The van der Waals surface area contributed by atoms with E-state index < -0.39 is 12.1 Å².